The SMILES string of the molecule is Cc1cc(=O)[nH]c(SCCCCC(C)(N)C(N)=O)n1. The first-order valence-electron chi connectivity index (χ1n) is 6.11. The molecule has 1 amide bonds. The van der Waals surface area contributed by atoms with Crippen LogP contribution in [0, 0.1) is 6.92 Å². The number of rotatable bonds is 7. The van der Waals surface area contributed by atoms with Gasteiger partial charge in [-0.25, -0.2) is 4.98 Å². The number of aromatic nitrogens is 2. The zero-order chi connectivity index (χ0) is 14.5. The summed E-state index contributed by atoms with van der Waals surface area (Å²) in [6, 6.07) is 1.46. The van der Waals surface area contributed by atoms with Gasteiger partial charge in [0.05, 0.1) is 5.54 Å². The van der Waals surface area contributed by atoms with Crippen molar-refractivity contribution in [1.82, 2.24) is 9.97 Å². The number of nitrogens with zero attached hydrogens (tertiary/aromatic N) is 1. The van der Waals surface area contributed by atoms with Crippen molar-refractivity contribution in [2.45, 2.75) is 43.8 Å². The number of amides is 1. The van der Waals surface area contributed by atoms with Gasteiger partial charge in [-0.1, -0.05) is 18.2 Å². The molecule has 0 aliphatic heterocycles. The van der Waals surface area contributed by atoms with Gasteiger partial charge in [-0.3, -0.25) is 9.59 Å². The van der Waals surface area contributed by atoms with Gasteiger partial charge in [-0.15, -0.1) is 0 Å². The number of carbonyl (C=O) groups excluding carboxylic acids is 1. The van der Waals surface area contributed by atoms with Crippen molar-refractivity contribution in [2.24, 2.45) is 11.5 Å². The van der Waals surface area contributed by atoms with Gasteiger partial charge in [0, 0.05) is 17.5 Å². The van der Waals surface area contributed by atoms with Crippen LogP contribution in [0.5, 0.6) is 0 Å². The Balaban J connectivity index is 2.32. The summed E-state index contributed by atoms with van der Waals surface area (Å²) in [6.45, 7) is 3.42. The average Bonchev–Trinajstić information content (AvgIpc) is 2.26. The molecule has 19 heavy (non-hydrogen) atoms. The number of carbonyl (C=O) groups is 1. The largest absolute Gasteiger partial charge is 0.368 e. The van der Waals surface area contributed by atoms with E-state index in [0.29, 0.717) is 17.3 Å². The topological polar surface area (TPSA) is 115 Å². The van der Waals surface area contributed by atoms with E-state index in [1.54, 1.807) is 13.8 Å². The van der Waals surface area contributed by atoms with Gasteiger partial charge in [0.2, 0.25) is 5.91 Å². The van der Waals surface area contributed by atoms with E-state index in [4.69, 9.17) is 11.5 Å². The van der Waals surface area contributed by atoms with Crippen LogP contribution in [0.4, 0.5) is 0 Å². The predicted molar refractivity (Wildman–Crippen MR) is 76.0 cm³/mol. The number of hydrogen-bond donors (Lipinski definition) is 3. The van der Waals surface area contributed by atoms with Gasteiger partial charge in [0.1, 0.15) is 0 Å². The number of aromatic amines is 1. The molecule has 1 aromatic rings. The van der Waals surface area contributed by atoms with Crippen LogP contribution in [-0.4, -0.2) is 27.2 Å². The number of H-pyrrole nitrogens is 1. The maximum Gasteiger partial charge on any atom is 0.251 e. The highest BCUT2D eigenvalue weighted by atomic mass is 32.2. The summed E-state index contributed by atoms with van der Waals surface area (Å²) >= 11 is 1.48. The molecule has 1 unspecified atom stereocenters. The minimum Gasteiger partial charge on any atom is -0.368 e. The van der Waals surface area contributed by atoms with Crippen molar-refractivity contribution < 1.29 is 4.79 Å². The molecule has 0 radical (unpaired) electrons. The lowest BCUT2D eigenvalue weighted by Gasteiger charge is -2.19. The quantitative estimate of drug-likeness (QED) is 0.384. The van der Waals surface area contributed by atoms with Crippen molar-refractivity contribution in [3.8, 4) is 0 Å². The lowest BCUT2D eigenvalue weighted by Crippen LogP contribution is -2.49. The minimum atomic E-state index is -0.944. The monoisotopic (exact) mass is 284 g/mol. The van der Waals surface area contributed by atoms with Crippen LogP contribution in [0.25, 0.3) is 0 Å². The summed E-state index contributed by atoms with van der Waals surface area (Å²) in [5.41, 5.74) is 10.6. The Morgan fingerprint density at radius 1 is 1.53 bits per heavy atom. The third-order valence-electron chi connectivity index (χ3n) is 2.74. The van der Waals surface area contributed by atoms with E-state index in [9.17, 15) is 9.59 Å². The van der Waals surface area contributed by atoms with E-state index in [-0.39, 0.29) is 5.56 Å². The van der Waals surface area contributed by atoms with E-state index in [1.807, 2.05) is 0 Å². The fourth-order valence-electron chi connectivity index (χ4n) is 1.51. The molecule has 1 heterocycles. The lowest BCUT2D eigenvalue weighted by molar-refractivity contribution is -0.122. The first-order valence-corrected chi connectivity index (χ1v) is 7.09. The summed E-state index contributed by atoms with van der Waals surface area (Å²) in [7, 11) is 0. The second kappa shape index (κ2) is 6.72. The first kappa shape index (κ1) is 15.7. The minimum absolute atomic E-state index is 0.140. The number of unbranched alkanes of at least 4 members (excludes halogenated alkanes) is 1. The average molecular weight is 284 g/mol. The van der Waals surface area contributed by atoms with Crippen LogP contribution in [0.3, 0.4) is 0 Å². The number of nitrogens with one attached hydrogen (secondary N) is 1. The van der Waals surface area contributed by atoms with Gasteiger partial charge in [0.15, 0.2) is 5.16 Å². The summed E-state index contributed by atoms with van der Waals surface area (Å²) in [6.07, 6.45) is 2.24. The van der Waals surface area contributed by atoms with E-state index in [1.165, 1.54) is 17.8 Å². The smallest absolute Gasteiger partial charge is 0.251 e. The van der Waals surface area contributed by atoms with Crippen LogP contribution in [0.1, 0.15) is 31.9 Å². The summed E-state index contributed by atoms with van der Waals surface area (Å²) in [5, 5.41) is 0.621. The molecule has 1 rings (SSSR count). The van der Waals surface area contributed by atoms with E-state index in [2.05, 4.69) is 9.97 Å². The third-order valence-corrected chi connectivity index (χ3v) is 3.70. The molecule has 0 aromatic carbocycles. The van der Waals surface area contributed by atoms with Crippen molar-refractivity contribution >= 4 is 17.7 Å². The second-order valence-corrected chi connectivity index (χ2v) is 5.86. The Kier molecular flexibility index (Phi) is 5.56. The third kappa shape index (κ3) is 5.44. The molecular formula is C12H20N4O2S. The molecule has 0 aliphatic carbocycles. The molecule has 106 valence electrons. The number of primary amides is 1. The Labute approximate surface area is 116 Å². The number of aryl methyl sites for hydroxylation is 1. The normalized spacial score (nSPS) is 14.1. The maximum absolute atomic E-state index is 11.2. The predicted octanol–water partition coefficient (Wildman–Crippen LogP) is 0.543. The van der Waals surface area contributed by atoms with Crippen LogP contribution in [0.2, 0.25) is 0 Å². The highest BCUT2D eigenvalue weighted by Gasteiger charge is 2.24. The maximum atomic E-state index is 11.2. The molecule has 0 saturated heterocycles. The van der Waals surface area contributed by atoms with Crippen molar-refractivity contribution in [1.29, 1.82) is 0 Å². The molecule has 0 bridgehead atoms. The Morgan fingerprint density at radius 3 is 2.79 bits per heavy atom. The van der Waals surface area contributed by atoms with Crippen LogP contribution >= 0.6 is 11.8 Å². The number of hydrogen-bond acceptors (Lipinski definition) is 5. The molecule has 7 heteroatoms. The molecule has 0 saturated carbocycles. The Morgan fingerprint density at radius 2 is 2.21 bits per heavy atom. The summed E-state index contributed by atoms with van der Waals surface area (Å²) in [4.78, 5) is 29.1. The molecule has 6 nitrogen and oxygen atoms in total. The van der Waals surface area contributed by atoms with Gasteiger partial charge < -0.3 is 16.5 Å². The summed E-state index contributed by atoms with van der Waals surface area (Å²) in [5.74, 6) is 0.325. The molecule has 1 atom stereocenters. The van der Waals surface area contributed by atoms with Gasteiger partial charge in [-0.05, 0) is 26.7 Å². The molecular weight excluding hydrogens is 264 g/mol. The van der Waals surface area contributed by atoms with Crippen molar-refractivity contribution in [3.63, 3.8) is 0 Å². The van der Waals surface area contributed by atoms with Crippen LogP contribution in [0.15, 0.2) is 16.0 Å². The van der Waals surface area contributed by atoms with Crippen molar-refractivity contribution in [3.05, 3.63) is 22.1 Å². The lowest BCUT2D eigenvalue weighted by atomic mass is 9.96. The number of nitrogens with two attached hydrogens (primary N) is 2. The number of thioether (sulfide) groups is 1. The first-order chi connectivity index (χ1) is 8.81. The molecule has 1 aromatic heterocycles. The zero-order valence-electron chi connectivity index (χ0n) is 11.2. The van der Waals surface area contributed by atoms with Crippen LogP contribution < -0.4 is 17.0 Å². The fraction of sp³-hybridized carbons (Fsp3) is 0.583. The fourth-order valence-corrected chi connectivity index (χ4v) is 2.43. The molecule has 0 fully saturated rings. The zero-order valence-corrected chi connectivity index (χ0v) is 12.0. The van der Waals surface area contributed by atoms with E-state index < -0.39 is 11.4 Å². The standard InChI is InChI=1S/C12H20N4O2S/c1-8-7-9(17)16-11(15-8)19-6-4-3-5-12(2,14)10(13)18/h7H,3-6,14H2,1-2H3,(H2,13,18)(H,15,16,17). The molecule has 0 aliphatic rings. The highest BCUT2D eigenvalue weighted by molar-refractivity contribution is 7.99. The molecule has 0 spiro atoms. The molecule has 5 N–H and O–H groups in total. The van der Waals surface area contributed by atoms with Gasteiger partial charge >= 0.3 is 0 Å². The van der Waals surface area contributed by atoms with Crippen LogP contribution in [-0.2, 0) is 4.79 Å². The summed E-state index contributed by atoms with van der Waals surface area (Å²) < 4.78 is 0. The Hall–Kier alpha value is -1.34. The van der Waals surface area contributed by atoms with Gasteiger partial charge in [0.25, 0.3) is 5.56 Å². The van der Waals surface area contributed by atoms with E-state index >= 15 is 0 Å². The van der Waals surface area contributed by atoms with Crippen molar-refractivity contribution in [2.75, 3.05) is 5.75 Å². The van der Waals surface area contributed by atoms with Gasteiger partial charge in [-0.2, -0.15) is 0 Å². The Bertz CT molecular complexity index is 499. The second-order valence-electron chi connectivity index (χ2n) is 4.78. The van der Waals surface area contributed by atoms with E-state index in [0.717, 1.165) is 18.6 Å². The highest BCUT2D eigenvalue weighted by Crippen LogP contribution is 2.16.